The number of hydrogen-bond acceptors (Lipinski definition) is 4. The van der Waals surface area contributed by atoms with Gasteiger partial charge in [-0.1, -0.05) is 19.9 Å². The summed E-state index contributed by atoms with van der Waals surface area (Å²) in [6.45, 7) is 4.00. The van der Waals surface area contributed by atoms with Gasteiger partial charge in [-0.3, -0.25) is 4.55 Å². The maximum absolute atomic E-state index is 11.0. The lowest BCUT2D eigenvalue weighted by atomic mass is 10.1. The topological polar surface area (TPSA) is 106 Å². The minimum atomic E-state index is -4.22. The predicted octanol–water partition coefficient (Wildman–Crippen LogP) is 2.28. The monoisotopic (exact) mass is 268 g/mol. The summed E-state index contributed by atoms with van der Waals surface area (Å²) in [7, 11) is -4.22. The molecular weight excluding hydrogens is 252 g/mol. The molecule has 0 aromatic heterocycles. The molecule has 0 aliphatic heterocycles. The molecule has 0 heterocycles. The zero-order chi connectivity index (χ0) is 13.9. The fraction of sp³-hybridized carbons (Fsp3) is 0.167. The fourth-order valence-electron chi connectivity index (χ4n) is 1.53. The van der Waals surface area contributed by atoms with Crippen molar-refractivity contribution in [2.45, 2.75) is 18.7 Å². The van der Waals surface area contributed by atoms with E-state index in [1.807, 2.05) is 13.8 Å². The highest BCUT2D eigenvalue weighted by molar-refractivity contribution is 7.85. The molecule has 0 spiro atoms. The minimum Gasteiger partial charge on any atom is -0.398 e. The van der Waals surface area contributed by atoms with E-state index in [9.17, 15) is 8.42 Å². The molecule has 0 atom stereocenters. The first-order chi connectivity index (χ1) is 8.39. The van der Waals surface area contributed by atoms with E-state index in [2.05, 4.69) is 0 Å². The lowest BCUT2D eigenvalue weighted by Gasteiger charge is -2.06. The van der Waals surface area contributed by atoms with Crippen LogP contribution in [0.15, 0.2) is 35.2 Å². The van der Waals surface area contributed by atoms with Crippen LogP contribution in [0.5, 0.6) is 0 Å². The van der Waals surface area contributed by atoms with Gasteiger partial charge < -0.3 is 11.5 Å². The number of benzene rings is 2. The van der Waals surface area contributed by atoms with Crippen LogP contribution in [0, 0.1) is 0 Å². The molecule has 0 unspecified atom stereocenters. The second-order valence-corrected chi connectivity index (χ2v) is 4.85. The molecule has 2 aromatic carbocycles. The molecular formula is C12H16N2O3S. The van der Waals surface area contributed by atoms with E-state index in [1.54, 1.807) is 12.1 Å². The van der Waals surface area contributed by atoms with Crippen molar-refractivity contribution < 1.29 is 13.0 Å². The number of nitrogens with two attached hydrogens (primary N) is 2. The van der Waals surface area contributed by atoms with Gasteiger partial charge in [-0.05, 0) is 24.3 Å². The van der Waals surface area contributed by atoms with Crippen LogP contribution in [0.4, 0.5) is 11.4 Å². The van der Waals surface area contributed by atoms with Gasteiger partial charge in [-0.15, -0.1) is 0 Å². The normalized spacial score (nSPS) is 10.8. The first kappa shape index (κ1) is 14.3. The Morgan fingerprint density at radius 3 is 1.94 bits per heavy atom. The van der Waals surface area contributed by atoms with Crippen LogP contribution in [0.1, 0.15) is 13.8 Å². The van der Waals surface area contributed by atoms with Gasteiger partial charge in [-0.25, -0.2) is 0 Å². The van der Waals surface area contributed by atoms with Crippen LogP contribution < -0.4 is 11.5 Å². The summed E-state index contributed by atoms with van der Waals surface area (Å²) in [5.74, 6) is 0. The summed E-state index contributed by atoms with van der Waals surface area (Å²) in [6, 6.07) is 7.34. The quantitative estimate of drug-likeness (QED) is 0.543. The molecule has 2 rings (SSSR count). The second-order valence-electron chi connectivity index (χ2n) is 3.43. The van der Waals surface area contributed by atoms with Gasteiger partial charge in [0.15, 0.2) is 0 Å². The standard InChI is InChI=1S/C10H10N2O3S.C2H6/c11-9-3-4-10(12)8-5-6(16(13,14)15)1-2-7(8)9;1-2/h1-5H,11-12H2,(H,13,14,15);1-2H3. The van der Waals surface area contributed by atoms with E-state index < -0.39 is 10.1 Å². The van der Waals surface area contributed by atoms with Crippen LogP contribution in [0.25, 0.3) is 10.8 Å². The number of hydrogen-bond donors (Lipinski definition) is 3. The fourth-order valence-corrected chi connectivity index (χ4v) is 2.04. The average Bonchev–Trinajstić information content (AvgIpc) is 2.35. The Kier molecular flexibility index (Phi) is 4.15. The zero-order valence-corrected chi connectivity index (χ0v) is 11.0. The lowest BCUT2D eigenvalue weighted by molar-refractivity contribution is 0.483. The van der Waals surface area contributed by atoms with Crippen molar-refractivity contribution in [3.05, 3.63) is 30.3 Å². The Labute approximate surface area is 106 Å². The summed E-state index contributed by atoms with van der Waals surface area (Å²) in [6.07, 6.45) is 0. The molecule has 0 aliphatic carbocycles. The van der Waals surface area contributed by atoms with E-state index in [0.29, 0.717) is 22.1 Å². The Balaban J connectivity index is 0.000000771. The molecule has 0 saturated heterocycles. The van der Waals surface area contributed by atoms with Gasteiger partial charge in [0, 0.05) is 22.1 Å². The van der Waals surface area contributed by atoms with E-state index in [0.717, 1.165) is 0 Å². The van der Waals surface area contributed by atoms with Gasteiger partial charge in [0.1, 0.15) is 0 Å². The molecule has 5 N–H and O–H groups in total. The average molecular weight is 268 g/mol. The Hall–Kier alpha value is -1.79. The first-order valence-electron chi connectivity index (χ1n) is 5.45. The predicted molar refractivity (Wildman–Crippen MR) is 73.9 cm³/mol. The molecule has 18 heavy (non-hydrogen) atoms. The molecule has 0 fully saturated rings. The van der Waals surface area contributed by atoms with Crippen LogP contribution >= 0.6 is 0 Å². The van der Waals surface area contributed by atoms with E-state index in [4.69, 9.17) is 16.0 Å². The maximum Gasteiger partial charge on any atom is 0.294 e. The number of fused-ring (bicyclic) bond motifs is 1. The molecule has 0 saturated carbocycles. The third kappa shape index (κ3) is 2.72. The van der Waals surface area contributed by atoms with Crippen molar-refractivity contribution in [3.63, 3.8) is 0 Å². The van der Waals surface area contributed by atoms with Gasteiger partial charge in [0.2, 0.25) is 0 Å². The van der Waals surface area contributed by atoms with E-state index in [1.165, 1.54) is 18.2 Å². The lowest BCUT2D eigenvalue weighted by Crippen LogP contribution is -1.99. The van der Waals surface area contributed by atoms with Crippen LogP contribution in [0.3, 0.4) is 0 Å². The van der Waals surface area contributed by atoms with Crippen molar-refractivity contribution >= 4 is 32.3 Å². The second kappa shape index (κ2) is 5.24. The third-order valence-electron chi connectivity index (χ3n) is 2.35. The van der Waals surface area contributed by atoms with Crippen molar-refractivity contribution in [2.75, 3.05) is 11.5 Å². The molecule has 0 aliphatic rings. The molecule has 98 valence electrons. The SMILES string of the molecule is CC.Nc1ccc(N)c2cc(S(=O)(=O)O)ccc12. The van der Waals surface area contributed by atoms with E-state index >= 15 is 0 Å². The zero-order valence-electron chi connectivity index (χ0n) is 10.2. The van der Waals surface area contributed by atoms with Crippen molar-refractivity contribution in [1.29, 1.82) is 0 Å². The smallest absolute Gasteiger partial charge is 0.294 e. The van der Waals surface area contributed by atoms with Gasteiger partial charge in [0.25, 0.3) is 10.1 Å². The minimum absolute atomic E-state index is 0.197. The van der Waals surface area contributed by atoms with Crippen LogP contribution in [0.2, 0.25) is 0 Å². The molecule has 5 nitrogen and oxygen atoms in total. The molecule has 0 radical (unpaired) electrons. The Morgan fingerprint density at radius 2 is 1.44 bits per heavy atom. The first-order valence-corrected chi connectivity index (χ1v) is 6.89. The Bertz CT molecular complexity index is 666. The van der Waals surface area contributed by atoms with E-state index in [-0.39, 0.29) is 4.90 Å². The van der Waals surface area contributed by atoms with Gasteiger partial charge in [0.05, 0.1) is 4.90 Å². The van der Waals surface area contributed by atoms with Crippen LogP contribution in [-0.4, -0.2) is 13.0 Å². The van der Waals surface area contributed by atoms with Crippen molar-refractivity contribution in [2.24, 2.45) is 0 Å². The summed E-state index contributed by atoms with van der Waals surface area (Å²) in [5.41, 5.74) is 12.3. The van der Waals surface area contributed by atoms with Crippen LogP contribution in [-0.2, 0) is 10.1 Å². The number of anilines is 2. The number of nitrogen functional groups attached to an aromatic ring is 2. The number of rotatable bonds is 1. The summed E-state index contributed by atoms with van der Waals surface area (Å²) in [4.78, 5) is -0.197. The summed E-state index contributed by atoms with van der Waals surface area (Å²) >= 11 is 0. The Morgan fingerprint density at radius 1 is 0.944 bits per heavy atom. The van der Waals surface area contributed by atoms with Gasteiger partial charge >= 0.3 is 0 Å². The highest BCUT2D eigenvalue weighted by atomic mass is 32.2. The summed E-state index contributed by atoms with van der Waals surface area (Å²) < 4.78 is 30.8. The largest absolute Gasteiger partial charge is 0.398 e. The van der Waals surface area contributed by atoms with Crippen molar-refractivity contribution in [3.8, 4) is 0 Å². The van der Waals surface area contributed by atoms with Crippen molar-refractivity contribution in [1.82, 2.24) is 0 Å². The maximum atomic E-state index is 11.0. The molecule has 0 amide bonds. The third-order valence-corrected chi connectivity index (χ3v) is 3.20. The van der Waals surface area contributed by atoms with Gasteiger partial charge in [-0.2, -0.15) is 8.42 Å². The molecule has 0 bridgehead atoms. The molecule has 2 aromatic rings. The summed E-state index contributed by atoms with van der Waals surface area (Å²) in [5, 5.41) is 1.17. The highest BCUT2D eigenvalue weighted by Gasteiger charge is 2.11. The molecule has 6 heteroatoms. The highest BCUT2D eigenvalue weighted by Crippen LogP contribution is 2.28.